The van der Waals surface area contributed by atoms with E-state index in [9.17, 15) is 0 Å². The largest absolute Gasteiger partial charge is 0.489 e. The van der Waals surface area contributed by atoms with Gasteiger partial charge in [0.2, 0.25) is 0 Å². The summed E-state index contributed by atoms with van der Waals surface area (Å²) in [6.45, 7) is 11.0. The zero-order valence-electron chi connectivity index (χ0n) is 14.0. The minimum absolute atomic E-state index is 0.235. The van der Waals surface area contributed by atoms with E-state index < -0.39 is 0 Å². The Labute approximate surface area is 124 Å². The van der Waals surface area contributed by atoms with Crippen LogP contribution in [0.1, 0.15) is 64.0 Å². The van der Waals surface area contributed by atoms with Crippen LogP contribution in [0.4, 0.5) is 0 Å². The van der Waals surface area contributed by atoms with Gasteiger partial charge in [0.1, 0.15) is 11.9 Å². The molecule has 2 nitrogen and oxygen atoms in total. The molecule has 0 spiro atoms. The first-order valence-electron chi connectivity index (χ1n) is 7.97. The lowest BCUT2D eigenvalue weighted by atomic mass is 9.99. The van der Waals surface area contributed by atoms with Crippen LogP contribution in [0.2, 0.25) is 0 Å². The first kappa shape index (κ1) is 17.0. The molecule has 2 heteroatoms. The van der Waals surface area contributed by atoms with Crippen LogP contribution in [-0.4, -0.2) is 19.2 Å². The average Bonchev–Trinajstić information content (AvgIpc) is 2.42. The van der Waals surface area contributed by atoms with Crippen LogP contribution in [0.25, 0.3) is 0 Å². The molecule has 0 bridgehead atoms. The van der Waals surface area contributed by atoms with E-state index in [4.69, 9.17) is 4.74 Å². The Bertz CT molecular complexity index is 400. The number of ether oxygens (including phenoxy) is 1. The van der Waals surface area contributed by atoms with E-state index in [2.05, 4.69) is 58.1 Å². The summed E-state index contributed by atoms with van der Waals surface area (Å²) in [5, 5.41) is 3.41. The lowest BCUT2D eigenvalue weighted by Crippen LogP contribution is -2.41. The van der Waals surface area contributed by atoms with Crippen LogP contribution >= 0.6 is 0 Å². The average molecular weight is 277 g/mol. The van der Waals surface area contributed by atoms with E-state index in [0.29, 0.717) is 12.0 Å². The fraction of sp³-hybridized carbons (Fsp3) is 0.667. The number of rotatable bonds is 8. The topological polar surface area (TPSA) is 21.3 Å². The van der Waals surface area contributed by atoms with Crippen molar-refractivity contribution in [3.05, 3.63) is 29.3 Å². The molecule has 0 aliphatic rings. The summed E-state index contributed by atoms with van der Waals surface area (Å²) in [7, 11) is 2.03. The van der Waals surface area contributed by atoms with Gasteiger partial charge in [-0.1, -0.05) is 46.2 Å². The second-order valence-corrected chi connectivity index (χ2v) is 5.94. The van der Waals surface area contributed by atoms with E-state index in [0.717, 1.165) is 18.6 Å². The molecule has 1 aromatic carbocycles. The maximum Gasteiger partial charge on any atom is 0.123 e. The number of aryl methyl sites for hydroxylation is 1. The van der Waals surface area contributed by atoms with E-state index >= 15 is 0 Å². The number of hydrogen-bond acceptors (Lipinski definition) is 2. The van der Waals surface area contributed by atoms with Gasteiger partial charge in [-0.3, -0.25) is 0 Å². The molecule has 20 heavy (non-hydrogen) atoms. The molecule has 2 unspecified atom stereocenters. The van der Waals surface area contributed by atoms with Gasteiger partial charge in [-0.25, -0.2) is 0 Å². The van der Waals surface area contributed by atoms with Gasteiger partial charge < -0.3 is 10.1 Å². The molecule has 0 aliphatic heterocycles. The maximum atomic E-state index is 6.38. The highest BCUT2D eigenvalue weighted by molar-refractivity contribution is 5.39. The predicted molar refractivity (Wildman–Crippen MR) is 87.7 cm³/mol. The minimum atomic E-state index is 0.235. The van der Waals surface area contributed by atoms with Gasteiger partial charge in [0, 0.05) is 6.04 Å². The molecule has 114 valence electrons. The van der Waals surface area contributed by atoms with Crippen molar-refractivity contribution in [3.63, 3.8) is 0 Å². The Morgan fingerprint density at radius 1 is 1.20 bits per heavy atom. The fourth-order valence-electron chi connectivity index (χ4n) is 2.66. The third-order valence-corrected chi connectivity index (χ3v) is 3.89. The van der Waals surface area contributed by atoms with Crippen molar-refractivity contribution in [2.45, 2.75) is 71.9 Å². The summed E-state index contributed by atoms with van der Waals surface area (Å²) in [5.41, 5.74) is 2.57. The fourth-order valence-corrected chi connectivity index (χ4v) is 2.66. The van der Waals surface area contributed by atoms with Crippen molar-refractivity contribution in [1.82, 2.24) is 5.32 Å². The molecule has 1 N–H and O–H groups in total. The second kappa shape index (κ2) is 8.31. The predicted octanol–water partition coefficient (Wildman–Crippen LogP) is 4.66. The standard InChI is InChI=1S/C18H31NO/c1-7-9-16(19-6)17(8-2)20-18-12-14(5)10-11-15(18)13(3)4/h10-13,16-17,19H,7-9H2,1-6H3. The zero-order chi connectivity index (χ0) is 15.1. The van der Waals surface area contributed by atoms with Crippen LogP contribution in [0.5, 0.6) is 5.75 Å². The molecule has 0 saturated heterocycles. The lowest BCUT2D eigenvalue weighted by Gasteiger charge is -2.28. The number of hydrogen-bond donors (Lipinski definition) is 1. The van der Waals surface area contributed by atoms with Crippen molar-refractivity contribution in [2.24, 2.45) is 0 Å². The van der Waals surface area contributed by atoms with E-state index in [1.165, 1.54) is 17.5 Å². The van der Waals surface area contributed by atoms with Crippen molar-refractivity contribution in [1.29, 1.82) is 0 Å². The number of likely N-dealkylation sites (N-methyl/N-ethyl adjacent to an activating group) is 1. The van der Waals surface area contributed by atoms with Crippen molar-refractivity contribution in [2.75, 3.05) is 7.05 Å². The third-order valence-electron chi connectivity index (χ3n) is 3.89. The van der Waals surface area contributed by atoms with Crippen LogP contribution < -0.4 is 10.1 Å². The summed E-state index contributed by atoms with van der Waals surface area (Å²) in [6, 6.07) is 6.98. The summed E-state index contributed by atoms with van der Waals surface area (Å²) in [5.74, 6) is 1.55. The molecule has 0 fully saturated rings. The SMILES string of the molecule is CCCC(NC)C(CC)Oc1cc(C)ccc1C(C)C. The number of benzene rings is 1. The van der Waals surface area contributed by atoms with Crippen LogP contribution in [0, 0.1) is 6.92 Å². The first-order valence-corrected chi connectivity index (χ1v) is 7.97. The normalized spacial score (nSPS) is 14.3. The van der Waals surface area contributed by atoms with Gasteiger partial charge in [-0.15, -0.1) is 0 Å². The molecular weight excluding hydrogens is 246 g/mol. The highest BCUT2D eigenvalue weighted by Gasteiger charge is 2.21. The van der Waals surface area contributed by atoms with E-state index in [1.807, 2.05) is 7.05 Å². The van der Waals surface area contributed by atoms with Crippen LogP contribution in [-0.2, 0) is 0 Å². The Morgan fingerprint density at radius 2 is 1.90 bits per heavy atom. The quantitative estimate of drug-likeness (QED) is 0.746. The Hall–Kier alpha value is -1.02. The molecule has 1 rings (SSSR count). The van der Waals surface area contributed by atoms with Gasteiger partial charge in [0.25, 0.3) is 0 Å². The monoisotopic (exact) mass is 277 g/mol. The lowest BCUT2D eigenvalue weighted by molar-refractivity contribution is 0.145. The number of nitrogens with one attached hydrogen (secondary N) is 1. The molecule has 0 saturated carbocycles. The van der Waals surface area contributed by atoms with Gasteiger partial charge in [-0.05, 0) is 49.9 Å². The van der Waals surface area contributed by atoms with Gasteiger partial charge in [0.15, 0.2) is 0 Å². The Morgan fingerprint density at radius 3 is 2.40 bits per heavy atom. The molecule has 2 atom stereocenters. The van der Waals surface area contributed by atoms with Crippen molar-refractivity contribution < 1.29 is 4.74 Å². The molecular formula is C18H31NO. The molecule has 1 aromatic rings. The van der Waals surface area contributed by atoms with E-state index in [-0.39, 0.29) is 6.10 Å². The molecule has 0 aromatic heterocycles. The van der Waals surface area contributed by atoms with Crippen LogP contribution in [0.15, 0.2) is 18.2 Å². The summed E-state index contributed by atoms with van der Waals surface area (Å²) < 4.78 is 6.38. The highest BCUT2D eigenvalue weighted by atomic mass is 16.5. The Kier molecular flexibility index (Phi) is 7.08. The highest BCUT2D eigenvalue weighted by Crippen LogP contribution is 2.29. The van der Waals surface area contributed by atoms with Crippen molar-refractivity contribution >= 4 is 0 Å². The van der Waals surface area contributed by atoms with Crippen LogP contribution in [0.3, 0.4) is 0 Å². The van der Waals surface area contributed by atoms with Gasteiger partial charge >= 0.3 is 0 Å². The summed E-state index contributed by atoms with van der Waals surface area (Å²) in [6.07, 6.45) is 3.59. The van der Waals surface area contributed by atoms with Crippen molar-refractivity contribution in [3.8, 4) is 5.75 Å². The maximum absolute atomic E-state index is 6.38. The van der Waals surface area contributed by atoms with Gasteiger partial charge in [0.05, 0.1) is 0 Å². The molecule has 0 radical (unpaired) electrons. The smallest absolute Gasteiger partial charge is 0.123 e. The summed E-state index contributed by atoms with van der Waals surface area (Å²) in [4.78, 5) is 0. The summed E-state index contributed by atoms with van der Waals surface area (Å²) >= 11 is 0. The first-order chi connectivity index (χ1) is 9.53. The van der Waals surface area contributed by atoms with E-state index in [1.54, 1.807) is 0 Å². The second-order valence-electron chi connectivity index (χ2n) is 5.94. The zero-order valence-corrected chi connectivity index (χ0v) is 14.0. The third kappa shape index (κ3) is 4.52. The minimum Gasteiger partial charge on any atom is -0.489 e. The Balaban J connectivity index is 2.96. The molecule has 0 amide bonds. The molecule has 0 aliphatic carbocycles. The van der Waals surface area contributed by atoms with Gasteiger partial charge in [-0.2, -0.15) is 0 Å². The molecule has 0 heterocycles.